The molecule has 2 heterocycles. The minimum absolute atomic E-state index is 0.126. The van der Waals surface area contributed by atoms with E-state index in [1.54, 1.807) is 12.1 Å². The van der Waals surface area contributed by atoms with Crippen LogP contribution in [0.4, 0.5) is 0 Å². The van der Waals surface area contributed by atoms with Crippen molar-refractivity contribution in [3.63, 3.8) is 0 Å². The van der Waals surface area contributed by atoms with Gasteiger partial charge in [-0.1, -0.05) is 19.9 Å². The lowest BCUT2D eigenvalue weighted by atomic mass is 10.1. The highest BCUT2D eigenvalue weighted by atomic mass is 32.2. The first kappa shape index (κ1) is 18.2. The van der Waals surface area contributed by atoms with Crippen LogP contribution in [-0.4, -0.2) is 46.5 Å². The van der Waals surface area contributed by atoms with Gasteiger partial charge in [0.2, 0.25) is 15.9 Å². The van der Waals surface area contributed by atoms with Crippen molar-refractivity contribution in [1.82, 2.24) is 18.4 Å². The van der Waals surface area contributed by atoms with Gasteiger partial charge in [0.15, 0.2) is 0 Å². The van der Waals surface area contributed by atoms with Gasteiger partial charge in [-0.25, -0.2) is 8.42 Å². The number of carbonyl (C=O) groups excluding carboxylic acids is 1. The van der Waals surface area contributed by atoms with Gasteiger partial charge in [0.05, 0.1) is 11.7 Å². The molecule has 0 saturated carbocycles. The Hall–Kier alpha value is -1.58. The van der Waals surface area contributed by atoms with Crippen LogP contribution in [0.25, 0.3) is 11.0 Å². The topological polar surface area (TPSA) is 92.3 Å². The van der Waals surface area contributed by atoms with Crippen LogP contribution in [-0.2, 0) is 14.8 Å². The van der Waals surface area contributed by atoms with Gasteiger partial charge in [-0.05, 0) is 37.3 Å². The third-order valence-corrected chi connectivity index (χ3v) is 6.85. The van der Waals surface area contributed by atoms with Crippen molar-refractivity contribution >= 4 is 38.7 Å². The SMILES string of the molecule is CC(C)CCNC(=O)[C@@H]1CCCN1S(=O)(=O)c1cccc2nsnc12. The quantitative estimate of drug-likeness (QED) is 0.825. The number of nitrogens with one attached hydrogen (secondary N) is 1. The molecular formula is C16H22N4O3S2. The zero-order valence-electron chi connectivity index (χ0n) is 14.3. The molecule has 1 atom stereocenters. The lowest BCUT2D eigenvalue weighted by molar-refractivity contribution is -0.124. The Morgan fingerprint density at radius 3 is 2.96 bits per heavy atom. The maximum atomic E-state index is 13.1. The highest BCUT2D eigenvalue weighted by Gasteiger charge is 2.40. The molecule has 2 aromatic rings. The van der Waals surface area contributed by atoms with Crippen LogP contribution < -0.4 is 5.32 Å². The molecule has 1 fully saturated rings. The number of benzene rings is 1. The standard InChI is InChI=1S/C16H22N4O3S2/c1-11(2)8-9-17-16(21)13-6-4-10-20(13)25(22,23)14-7-3-5-12-15(14)19-24-18-12/h3,5,7,11,13H,4,6,8-10H2,1-2H3,(H,17,21)/t13-/m0/s1. The van der Waals surface area contributed by atoms with E-state index in [0.29, 0.717) is 42.9 Å². The Bertz CT molecular complexity index is 863. The Morgan fingerprint density at radius 1 is 1.40 bits per heavy atom. The maximum absolute atomic E-state index is 13.1. The summed E-state index contributed by atoms with van der Waals surface area (Å²) in [6, 6.07) is 4.27. The van der Waals surface area contributed by atoms with E-state index in [0.717, 1.165) is 18.1 Å². The number of nitrogens with zero attached hydrogens (tertiary/aromatic N) is 3. The summed E-state index contributed by atoms with van der Waals surface area (Å²) in [6.45, 7) is 5.08. The number of amides is 1. The number of rotatable bonds is 6. The average Bonchev–Trinajstić information content (AvgIpc) is 3.23. The summed E-state index contributed by atoms with van der Waals surface area (Å²) in [6.07, 6.45) is 2.08. The number of hydrogen-bond donors (Lipinski definition) is 1. The minimum atomic E-state index is -3.79. The average molecular weight is 383 g/mol. The zero-order valence-corrected chi connectivity index (χ0v) is 15.9. The molecule has 0 radical (unpaired) electrons. The van der Waals surface area contributed by atoms with Crippen molar-refractivity contribution in [1.29, 1.82) is 0 Å². The predicted octanol–water partition coefficient (Wildman–Crippen LogP) is 2.01. The van der Waals surface area contributed by atoms with E-state index in [2.05, 4.69) is 27.9 Å². The molecule has 1 amide bonds. The molecule has 0 bridgehead atoms. The molecule has 0 aliphatic carbocycles. The smallest absolute Gasteiger partial charge is 0.246 e. The minimum Gasteiger partial charge on any atom is -0.355 e. The number of carbonyl (C=O) groups is 1. The Morgan fingerprint density at radius 2 is 2.20 bits per heavy atom. The van der Waals surface area contributed by atoms with E-state index in [9.17, 15) is 13.2 Å². The van der Waals surface area contributed by atoms with Crippen LogP contribution >= 0.6 is 11.7 Å². The van der Waals surface area contributed by atoms with E-state index in [1.165, 1.54) is 10.4 Å². The van der Waals surface area contributed by atoms with Gasteiger partial charge in [-0.15, -0.1) is 0 Å². The van der Waals surface area contributed by atoms with Crippen LogP contribution in [0.15, 0.2) is 23.1 Å². The molecule has 7 nitrogen and oxygen atoms in total. The molecule has 1 aliphatic rings. The number of aromatic nitrogens is 2. The van der Waals surface area contributed by atoms with E-state index in [-0.39, 0.29) is 10.8 Å². The predicted molar refractivity (Wildman–Crippen MR) is 96.8 cm³/mol. The number of fused-ring (bicyclic) bond motifs is 1. The summed E-state index contributed by atoms with van der Waals surface area (Å²) in [5.74, 6) is 0.267. The molecule has 0 spiro atoms. The first-order valence-corrected chi connectivity index (χ1v) is 10.6. The van der Waals surface area contributed by atoms with Crippen molar-refractivity contribution in [2.75, 3.05) is 13.1 Å². The molecular weight excluding hydrogens is 360 g/mol. The lowest BCUT2D eigenvalue weighted by Gasteiger charge is -2.23. The monoisotopic (exact) mass is 382 g/mol. The Balaban J connectivity index is 1.83. The highest BCUT2D eigenvalue weighted by Crippen LogP contribution is 2.30. The number of sulfonamides is 1. The van der Waals surface area contributed by atoms with Crippen molar-refractivity contribution in [3.05, 3.63) is 18.2 Å². The van der Waals surface area contributed by atoms with Crippen LogP contribution in [0.5, 0.6) is 0 Å². The highest BCUT2D eigenvalue weighted by molar-refractivity contribution is 7.89. The van der Waals surface area contributed by atoms with E-state index in [4.69, 9.17) is 0 Å². The summed E-state index contributed by atoms with van der Waals surface area (Å²) in [7, 11) is -3.79. The second-order valence-corrected chi connectivity index (χ2v) is 9.02. The summed E-state index contributed by atoms with van der Waals surface area (Å²) in [5.41, 5.74) is 0.932. The third-order valence-electron chi connectivity index (χ3n) is 4.36. The van der Waals surface area contributed by atoms with Gasteiger partial charge in [-0.3, -0.25) is 4.79 Å². The fraction of sp³-hybridized carbons (Fsp3) is 0.562. The van der Waals surface area contributed by atoms with Gasteiger partial charge in [-0.2, -0.15) is 13.1 Å². The summed E-state index contributed by atoms with van der Waals surface area (Å²) >= 11 is 0.984. The van der Waals surface area contributed by atoms with Gasteiger partial charge in [0, 0.05) is 13.1 Å². The van der Waals surface area contributed by atoms with Crippen LogP contribution in [0.1, 0.15) is 33.1 Å². The van der Waals surface area contributed by atoms with Gasteiger partial charge >= 0.3 is 0 Å². The number of hydrogen-bond acceptors (Lipinski definition) is 6. The third kappa shape index (κ3) is 3.68. The second kappa shape index (κ2) is 7.35. The molecule has 136 valence electrons. The first-order valence-electron chi connectivity index (χ1n) is 8.42. The van der Waals surface area contributed by atoms with Crippen molar-refractivity contribution in [2.45, 2.75) is 44.0 Å². The normalized spacial score (nSPS) is 18.9. The molecule has 1 aromatic carbocycles. The molecule has 0 unspecified atom stereocenters. The molecule has 1 saturated heterocycles. The van der Waals surface area contributed by atoms with E-state index < -0.39 is 16.1 Å². The molecule has 1 aromatic heterocycles. The van der Waals surface area contributed by atoms with Crippen LogP contribution in [0.3, 0.4) is 0 Å². The van der Waals surface area contributed by atoms with E-state index >= 15 is 0 Å². The summed E-state index contributed by atoms with van der Waals surface area (Å²) in [5, 5.41) is 2.87. The van der Waals surface area contributed by atoms with Crippen molar-refractivity contribution < 1.29 is 13.2 Å². The summed E-state index contributed by atoms with van der Waals surface area (Å²) in [4.78, 5) is 12.6. The van der Waals surface area contributed by atoms with Crippen LogP contribution in [0.2, 0.25) is 0 Å². The molecule has 1 aliphatic heterocycles. The fourth-order valence-electron chi connectivity index (χ4n) is 3.01. The fourth-order valence-corrected chi connectivity index (χ4v) is 5.42. The molecule has 1 N–H and O–H groups in total. The molecule has 9 heteroatoms. The lowest BCUT2D eigenvalue weighted by Crippen LogP contribution is -2.46. The zero-order chi connectivity index (χ0) is 18.0. The Kier molecular flexibility index (Phi) is 5.35. The van der Waals surface area contributed by atoms with Crippen molar-refractivity contribution in [3.8, 4) is 0 Å². The van der Waals surface area contributed by atoms with E-state index in [1.807, 2.05) is 0 Å². The van der Waals surface area contributed by atoms with Gasteiger partial charge in [0.25, 0.3) is 0 Å². The van der Waals surface area contributed by atoms with Crippen LogP contribution in [0, 0.1) is 5.92 Å². The molecule has 3 rings (SSSR count). The Labute approximate surface area is 151 Å². The van der Waals surface area contributed by atoms with Gasteiger partial charge in [0.1, 0.15) is 22.0 Å². The first-order chi connectivity index (χ1) is 11.9. The molecule has 25 heavy (non-hydrogen) atoms. The van der Waals surface area contributed by atoms with Gasteiger partial charge < -0.3 is 5.32 Å². The maximum Gasteiger partial charge on any atom is 0.246 e. The van der Waals surface area contributed by atoms with Crippen molar-refractivity contribution in [2.24, 2.45) is 5.92 Å². The summed E-state index contributed by atoms with van der Waals surface area (Å²) < 4.78 is 35.8. The second-order valence-electron chi connectivity index (χ2n) is 6.64. The largest absolute Gasteiger partial charge is 0.355 e.